The monoisotopic (exact) mass is 331 g/mol. The molecule has 0 unspecified atom stereocenters. The van der Waals surface area contributed by atoms with Gasteiger partial charge in [0, 0.05) is 30.0 Å². The molecule has 0 radical (unpaired) electrons. The Bertz CT molecular complexity index is 702. The molecule has 122 valence electrons. The van der Waals surface area contributed by atoms with E-state index >= 15 is 0 Å². The van der Waals surface area contributed by atoms with Crippen molar-refractivity contribution in [2.45, 2.75) is 63.1 Å². The second-order valence-electron chi connectivity index (χ2n) is 6.60. The quantitative estimate of drug-likeness (QED) is 0.910. The molecule has 2 aromatic rings. The zero-order valence-corrected chi connectivity index (χ0v) is 13.8. The molecule has 0 amide bonds. The predicted molar refractivity (Wildman–Crippen MR) is 88.5 cm³/mol. The summed E-state index contributed by atoms with van der Waals surface area (Å²) in [4.78, 5) is 12.1. The third-order valence-electron chi connectivity index (χ3n) is 4.86. The number of hydrogen-bond acceptors (Lipinski definition) is 6. The first-order valence-corrected chi connectivity index (χ1v) is 9.22. The Hall–Kier alpha value is -1.60. The van der Waals surface area contributed by atoms with Gasteiger partial charge in [-0.15, -0.1) is 5.10 Å². The van der Waals surface area contributed by atoms with E-state index in [0.29, 0.717) is 12.0 Å². The highest BCUT2D eigenvalue weighted by atomic mass is 32.1. The van der Waals surface area contributed by atoms with Crippen molar-refractivity contribution in [2.75, 3.05) is 0 Å². The lowest BCUT2D eigenvalue weighted by Gasteiger charge is -2.29. The van der Waals surface area contributed by atoms with Crippen molar-refractivity contribution in [2.24, 2.45) is 0 Å². The lowest BCUT2D eigenvalue weighted by atomic mass is 9.91. The van der Waals surface area contributed by atoms with Gasteiger partial charge in [-0.05, 0) is 56.1 Å². The van der Waals surface area contributed by atoms with Crippen LogP contribution in [0.2, 0.25) is 0 Å². The van der Waals surface area contributed by atoms with Crippen LogP contribution in [-0.4, -0.2) is 25.4 Å². The fourth-order valence-electron chi connectivity index (χ4n) is 3.33. The van der Waals surface area contributed by atoms with Crippen molar-refractivity contribution >= 4 is 11.5 Å². The Kier molecular flexibility index (Phi) is 4.22. The summed E-state index contributed by atoms with van der Waals surface area (Å²) in [6, 6.07) is 4.35. The van der Waals surface area contributed by atoms with Gasteiger partial charge in [-0.1, -0.05) is 4.49 Å². The molecule has 2 fully saturated rings. The maximum Gasteiger partial charge on any atom is 0.267 e. The van der Waals surface area contributed by atoms with Crippen molar-refractivity contribution in [1.82, 2.24) is 24.7 Å². The average Bonchev–Trinajstić information content (AvgIpc) is 3.30. The van der Waals surface area contributed by atoms with Gasteiger partial charge in [0.2, 0.25) is 0 Å². The maximum absolute atomic E-state index is 12.1. The van der Waals surface area contributed by atoms with E-state index in [1.54, 1.807) is 10.7 Å². The zero-order chi connectivity index (χ0) is 15.6. The van der Waals surface area contributed by atoms with Gasteiger partial charge in [0.05, 0.1) is 17.4 Å². The van der Waals surface area contributed by atoms with E-state index in [4.69, 9.17) is 0 Å². The van der Waals surface area contributed by atoms with E-state index in [-0.39, 0.29) is 11.6 Å². The largest absolute Gasteiger partial charge is 0.308 e. The van der Waals surface area contributed by atoms with Gasteiger partial charge in [0.1, 0.15) is 0 Å². The van der Waals surface area contributed by atoms with Crippen LogP contribution in [0.3, 0.4) is 0 Å². The topological polar surface area (TPSA) is 72.7 Å². The first kappa shape index (κ1) is 15.0. The van der Waals surface area contributed by atoms with Crippen LogP contribution in [0.1, 0.15) is 61.9 Å². The third kappa shape index (κ3) is 3.50. The number of rotatable bonds is 5. The molecule has 6 nitrogen and oxygen atoms in total. The number of nitrogens with one attached hydrogen (secondary N) is 1. The molecule has 7 heteroatoms. The molecule has 2 aromatic heterocycles. The molecule has 2 heterocycles. The summed E-state index contributed by atoms with van der Waals surface area (Å²) in [7, 11) is 0. The SMILES string of the molecule is O=c1ccc(C2CC2)nn1C1CCC(NCc2csnn2)CC1. The number of aromatic nitrogens is 4. The molecule has 0 spiro atoms. The number of nitrogens with zero attached hydrogens (tertiary/aromatic N) is 4. The summed E-state index contributed by atoms with van der Waals surface area (Å²) in [6.45, 7) is 0.779. The average molecular weight is 331 g/mol. The standard InChI is InChI=1S/C16H21N5OS/c22-16-8-7-15(11-1-2-11)19-21(16)14-5-3-12(4-6-14)17-9-13-10-23-20-18-13/h7-8,10-12,14,17H,1-6,9H2. The van der Waals surface area contributed by atoms with Gasteiger partial charge >= 0.3 is 0 Å². The van der Waals surface area contributed by atoms with Crippen LogP contribution < -0.4 is 10.9 Å². The zero-order valence-electron chi connectivity index (χ0n) is 13.0. The Morgan fingerprint density at radius 3 is 2.70 bits per heavy atom. The van der Waals surface area contributed by atoms with E-state index in [0.717, 1.165) is 43.6 Å². The van der Waals surface area contributed by atoms with Gasteiger partial charge in [0.25, 0.3) is 5.56 Å². The molecule has 0 aromatic carbocycles. The van der Waals surface area contributed by atoms with Crippen molar-refractivity contribution < 1.29 is 0 Å². The first-order chi connectivity index (χ1) is 11.3. The second-order valence-corrected chi connectivity index (χ2v) is 7.21. The van der Waals surface area contributed by atoms with Crippen molar-refractivity contribution in [3.8, 4) is 0 Å². The minimum atomic E-state index is 0.0411. The lowest BCUT2D eigenvalue weighted by molar-refractivity contribution is 0.267. The maximum atomic E-state index is 12.1. The molecule has 0 saturated heterocycles. The van der Waals surface area contributed by atoms with E-state index in [9.17, 15) is 4.79 Å². The van der Waals surface area contributed by atoms with Crippen LogP contribution >= 0.6 is 11.5 Å². The molecule has 0 atom stereocenters. The molecule has 2 aliphatic carbocycles. The summed E-state index contributed by atoms with van der Waals surface area (Å²) < 4.78 is 5.62. The van der Waals surface area contributed by atoms with E-state index in [1.165, 1.54) is 24.4 Å². The smallest absolute Gasteiger partial charge is 0.267 e. The van der Waals surface area contributed by atoms with Crippen molar-refractivity contribution in [1.29, 1.82) is 0 Å². The van der Waals surface area contributed by atoms with E-state index in [1.807, 2.05) is 11.4 Å². The summed E-state index contributed by atoms with van der Waals surface area (Å²) in [5.41, 5.74) is 2.15. The Morgan fingerprint density at radius 1 is 1.17 bits per heavy atom. The van der Waals surface area contributed by atoms with Crippen molar-refractivity contribution in [3.63, 3.8) is 0 Å². The summed E-state index contributed by atoms with van der Waals surface area (Å²) in [5.74, 6) is 0.589. The fraction of sp³-hybridized carbons (Fsp3) is 0.625. The minimum absolute atomic E-state index is 0.0411. The summed E-state index contributed by atoms with van der Waals surface area (Å²) in [5, 5.41) is 14.2. The molecule has 0 bridgehead atoms. The third-order valence-corrected chi connectivity index (χ3v) is 5.41. The summed E-state index contributed by atoms with van der Waals surface area (Å²) >= 11 is 1.39. The van der Waals surface area contributed by atoms with Crippen LogP contribution in [0.5, 0.6) is 0 Å². The number of hydrogen-bond donors (Lipinski definition) is 1. The van der Waals surface area contributed by atoms with Gasteiger partial charge < -0.3 is 5.32 Å². The first-order valence-electron chi connectivity index (χ1n) is 8.38. The van der Waals surface area contributed by atoms with Crippen LogP contribution in [-0.2, 0) is 6.54 Å². The fourth-order valence-corrected chi connectivity index (χ4v) is 3.78. The Labute approximate surface area is 139 Å². The van der Waals surface area contributed by atoms with Crippen LogP contribution in [0.15, 0.2) is 22.3 Å². The minimum Gasteiger partial charge on any atom is -0.308 e. The molecule has 2 saturated carbocycles. The van der Waals surface area contributed by atoms with Crippen molar-refractivity contribution in [3.05, 3.63) is 39.3 Å². The van der Waals surface area contributed by atoms with Gasteiger partial charge in [-0.25, -0.2) is 4.68 Å². The molecule has 2 aliphatic rings. The molecular formula is C16H21N5OS. The normalized spacial score (nSPS) is 24.7. The highest BCUT2D eigenvalue weighted by molar-refractivity contribution is 7.03. The molecule has 0 aliphatic heterocycles. The van der Waals surface area contributed by atoms with Crippen LogP contribution in [0.4, 0.5) is 0 Å². The molecule has 4 rings (SSSR count). The second kappa shape index (κ2) is 6.49. The van der Waals surface area contributed by atoms with Gasteiger partial charge in [0.15, 0.2) is 0 Å². The summed E-state index contributed by atoms with van der Waals surface area (Å²) in [6.07, 6.45) is 6.59. The molecular weight excluding hydrogens is 310 g/mol. The van der Waals surface area contributed by atoms with E-state index in [2.05, 4.69) is 20.0 Å². The Morgan fingerprint density at radius 2 is 2.00 bits per heavy atom. The van der Waals surface area contributed by atoms with Gasteiger partial charge in [-0.3, -0.25) is 4.79 Å². The van der Waals surface area contributed by atoms with E-state index < -0.39 is 0 Å². The van der Waals surface area contributed by atoms with Crippen LogP contribution in [0.25, 0.3) is 0 Å². The highest BCUT2D eigenvalue weighted by Gasteiger charge is 2.28. The van der Waals surface area contributed by atoms with Crippen LogP contribution in [0, 0.1) is 0 Å². The lowest BCUT2D eigenvalue weighted by Crippen LogP contribution is -2.36. The highest BCUT2D eigenvalue weighted by Crippen LogP contribution is 2.38. The molecule has 23 heavy (non-hydrogen) atoms. The molecule has 1 N–H and O–H groups in total. The predicted octanol–water partition coefficient (Wildman–Crippen LogP) is 2.25. The Balaban J connectivity index is 1.35. The van der Waals surface area contributed by atoms with Gasteiger partial charge in [-0.2, -0.15) is 5.10 Å².